The van der Waals surface area contributed by atoms with Crippen molar-refractivity contribution in [1.82, 2.24) is 9.97 Å². The third kappa shape index (κ3) is 5.59. The number of benzene rings is 2. The van der Waals surface area contributed by atoms with Crippen molar-refractivity contribution in [1.29, 1.82) is 0 Å². The van der Waals surface area contributed by atoms with Gasteiger partial charge in [0.2, 0.25) is 0 Å². The molecule has 32 heavy (non-hydrogen) atoms. The van der Waals surface area contributed by atoms with Crippen molar-refractivity contribution >= 4 is 23.2 Å². The smallest absolute Gasteiger partial charge is 0.255 e. The third-order valence-corrected chi connectivity index (χ3v) is 5.52. The van der Waals surface area contributed by atoms with Gasteiger partial charge in [-0.15, -0.1) is 0 Å². The lowest BCUT2D eigenvalue weighted by atomic mass is 9.99. The number of nitrogens with zero attached hydrogens (tertiary/aromatic N) is 3. The summed E-state index contributed by atoms with van der Waals surface area (Å²) >= 11 is 0. The van der Waals surface area contributed by atoms with Crippen LogP contribution in [0.5, 0.6) is 0 Å². The van der Waals surface area contributed by atoms with Crippen LogP contribution in [0.3, 0.4) is 0 Å². The molecule has 1 unspecified atom stereocenters. The molecule has 3 N–H and O–H groups in total. The van der Waals surface area contributed by atoms with Gasteiger partial charge in [0.05, 0.1) is 0 Å². The molecular weight excluding hydrogens is 409 g/mol. The van der Waals surface area contributed by atoms with Gasteiger partial charge in [-0.2, -0.15) is 0 Å². The Morgan fingerprint density at radius 2 is 2.00 bits per heavy atom. The Labute approximate surface area is 186 Å². The van der Waals surface area contributed by atoms with Gasteiger partial charge < -0.3 is 20.6 Å². The first-order valence-electron chi connectivity index (χ1n) is 10.7. The number of amides is 1. The predicted octanol–water partition coefficient (Wildman–Crippen LogP) is 3.69. The summed E-state index contributed by atoms with van der Waals surface area (Å²) in [4.78, 5) is 23.2. The molecule has 2 heterocycles. The highest BCUT2D eigenvalue weighted by Gasteiger charge is 2.20. The second-order valence-corrected chi connectivity index (χ2v) is 7.91. The Hall–Kier alpha value is -3.52. The molecule has 3 aromatic rings. The minimum absolute atomic E-state index is 0.195. The molecule has 2 aromatic carbocycles. The normalized spacial score (nSPS) is 15.9. The summed E-state index contributed by atoms with van der Waals surface area (Å²) in [5, 5.41) is 15.6. The molecule has 8 heteroatoms. The average Bonchev–Trinajstić information content (AvgIpc) is 2.83. The van der Waals surface area contributed by atoms with Gasteiger partial charge in [-0.1, -0.05) is 12.1 Å². The van der Waals surface area contributed by atoms with Crippen LogP contribution < -0.4 is 15.5 Å². The van der Waals surface area contributed by atoms with Crippen LogP contribution in [-0.4, -0.2) is 40.7 Å². The van der Waals surface area contributed by atoms with Crippen LogP contribution in [-0.2, 0) is 6.54 Å². The maximum atomic E-state index is 13.1. The highest BCUT2D eigenvalue weighted by Crippen LogP contribution is 2.23. The summed E-state index contributed by atoms with van der Waals surface area (Å²) in [5.74, 6) is 1.17. The number of aliphatic hydroxyl groups is 1. The van der Waals surface area contributed by atoms with Crippen molar-refractivity contribution in [3.63, 3.8) is 0 Å². The number of aromatic nitrogens is 2. The van der Waals surface area contributed by atoms with Crippen LogP contribution in [0.25, 0.3) is 0 Å². The fourth-order valence-corrected chi connectivity index (χ4v) is 3.80. The summed E-state index contributed by atoms with van der Waals surface area (Å²) in [7, 11) is 0. The van der Waals surface area contributed by atoms with E-state index in [0.717, 1.165) is 37.3 Å². The maximum Gasteiger partial charge on any atom is 0.255 e. The number of anilines is 3. The van der Waals surface area contributed by atoms with E-state index in [9.17, 15) is 14.3 Å². The zero-order valence-electron chi connectivity index (χ0n) is 17.7. The van der Waals surface area contributed by atoms with Crippen LogP contribution in [0.2, 0.25) is 0 Å². The molecule has 7 nitrogen and oxygen atoms in total. The van der Waals surface area contributed by atoms with Crippen molar-refractivity contribution in [2.24, 2.45) is 5.92 Å². The SMILES string of the molecule is O=C(Nc1cccc(CNc2cc(N3CCCC(CO)C3)ncn2)c1)c1ccc(F)cc1. The van der Waals surface area contributed by atoms with Gasteiger partial charge >= 0.3 is 0 Å². The number of rotatable bonds is 7. The minimum atomic E-state index is -0.379. The van der Waals surface area contributed by atoms with E-state index in [-0.39, 0.29) is 24.2 Å². The number of halogens is 1. The highest BCUT2D eigenvalue weighted by atomic mass is 19.1. The highest BCUT2D eigenvalue weighted by molar-refractivity contribution is 6.04. The number of hydrogen-bond acceptors (Lipinski definition) is 6. The van der Waals surface area contributed by atoms with Crippen LogP contribution in [0.4, 0.5) is 21.7 Å². The van der Waals surface area contributed by atoms with Crippen molar-refractivity contribution in [2.45, 2.75) is 19.4 Å². The lowest BCUT2D eigenvalue weighted by Crippen LogP contribution is -2.37. The first kappa shape index (κ1) is 21.7. The average molecular weight is 436 g/mol. The molecule has 0 aliphatic carbocycles. The number of aliphatic hydroxyl groups excluding tert-OH is 1. The second kappa shape index (κ2) is 10.2. The number of piperidine rings is 1. The monoisotopic (exact) mass is 435 g/mol. The van der Waals surface area contributed by atoms with E-state index >= 15 is 0 Å². The van der Waals surface area contributed by atoms with Crippen molar-refractivity contribution < 1.29 is 14.3 Å². The molecular formula is C24H26FN5O2. The number of carbonyl (C=O) groups is 1. The van der Waals surface area contributed by atoms with Crippen molar-refractivity contribution in [3.05, 3.63) is 77.9 Å². The van der Waals surface area contributed by atoms with E-state index in [1.807, 2.05) is 30.3 Å². The van der Waals surface area contributed by atoms with Crippen LogP contribution in [0, 0.1) is 11.7 Å². The standard InChI is InChI=1S/C24H26FN5O2/c25-20-8-6-19(7-9-20)24(32)29-21-5-1-3-17(11-21)13-26-22-12-23(28-16-27-22)30-10-2-4-18(14-30)15-31/h1,3,5-9,11-12,16,18,31H,2,4,10,13-15H2,(H,29,32)(H,26,27,28). The van der Waals surface area contributed by atoms with Gasteiger partial charge in [0.1, 0.15) is 23.8 Å². The van der Waals surface area contributed by atoms with Gasteiger partial charge in [-0.3, -0.25) is 4.79 Å². The van der Waals surface area contributed by atoms with Gasteiger partial charge in [0.15, 0.2) is 0 Å². The van der Waals surface area contributed by atoms with Gasteiger partial charge in [0, 0.05) is 43.6 Å². The molecule has 1 aliphatic rings. The Morgan fingerprint density at radius 3 is 2.81 bits per heavy atom. The number of carbonyl (C=O) groups excluding carboxylic acids is 1. The molecule has 1 fully saturated rings. The topological polar surface area (TPSA) is 90.4 Å². The quantitative estimate of drug-likeness (QED) is 0.524. The number of nitrogens with one attached hydrogen (secondary N) is 2. The van der Waals surface area contributed by atoms with Crippen molar-refractivity contribution in [3.8, 4) is 0 Å². The summed E-state index contributed by atoms with van der Waals surface area (Å²) in [6, 6.07) is 14.9. The first-order valence-corrected chi connectivity index (χ1v) is 10.7. The molecule has 1 atom stereocenters. The van der Waals surface area contributed by atoms with E-state index in [0.29, 0.717) is 23.6 Å². The van der Waals surface area contributed by atoms with Gasteiger partial charge in [-0.25, -0.2) is 14.4 Å². The zero-order valence-corrected chi connectivity index (χ0v) is 17.7. The van der Waals surface area contributed by atoms with E-state index in [2.05, 4.69) is 25.5 Å². The molecule has 0 radical (unpaired) electrons. The summed E-state index contributed by atoms with van der Waals surface area (Å²) < 4.78 is 13.1. The van der Waals surface area contributed by atoms with E-state index < -0.39 is 0 Å². The van der Waals surface area contributed by atoms with Gasteiger partial charge in [-0.05, 0) is 60.7 Å². The molecule has 0 bridgehead atoms. The molecule has 1 amide bonds. The molecule has 1 aromatic heterocycles. The van der Waals surface area contributed by atoms with Crippen LogP contribution in [0.1, 0.15) is 28.8 Å². The largest absolute Gasteiger partial charge is 0.396 e. The molecule has 166 valence electrons. The summed E-state index contributed by atoms with van der Waals surface area (Å²) in [5.41, 5.74) is 2.02. The predicted molar refractivity (Wildman–Crippen MR) is 122 cm³/mol. The molecule has 0 saturated carbocycles. The van der Waals surface area contributed by atoms with Gasteiger partial charge in [0.25, 0.3) is 5.91 Å². The summed E-state index contributed by atoms with van der Waals surface area (Å²) in [6.45, 7) is 2.43. The summed E-state index contributed by atoms with van der Waals surface area (Å²) in [6.07, 6.45) is 3.62. The lowest BCUT2D eigenvalue weighted by molar-refractivity contribution is 0.102. The van der Waals surface area contributed by atoms with Crippen LogP contribution in [0.15, 0.2) is 60.9 Å². The molecule has 0 spiro atoms. The molecule has 1 saturated heterocycles. The lowest BCUT2D eigenvalue weighted by Gasteiger charge is -2.32. The van der Waals surface area contributed by atoms with Crippen molar-refractivity contribution in [2.75, 3.05) is 35.2 Å². The Bertz CT molecular complexity index is 1060. The van der Waals surface area contributed by atoms with E-state index in [1.54, 1.807) is 6.33 Å². The first-order chi connectivity index (χ1) is 15.6. The van der Waals surface area contributed by atoms with Crippen LogP contribution >= 0.6 is 0 Å². The Morgan fingerprint density at radius 1 is 1.16 bits per heavy atom. The molecule has 4 rings (SSSR count). The van der Waals surface area contributed by atoms with E-state index in [4.69, 9.17) is 0 Å². The number of hydrogen-bond donors (Lipinski definition) is 3. The Kier molecular flexibility index (Phi) is 6.91. The zero-order chi connectivity index (χ0) is 22.3. The third-order valence-electron chi connectivity index (χ3n) is 5.52. The maximum absolute atomic E-state index is 13.1. The minimum Gasteiger partial charge on any atom is -0.396 e. The fraction of sp³-hybridized carbons (Fsp3) is 0.292. The fourth-order valence-electron chi connectivity index (χ4n) is 3.80. The second-order valence-electron chi connectivity index (χ2n) is 7.91. The Balaban J connectivity index is 1.37. The molecule has 1 aliphatic heterocycles. The van der Waals surface area contributed by atoms with E-state index in [1.165, 1.54) is 24.3 Å².